The molecule has 0 N–H and O–H groups in total. The van der Waals surface area contributed by atoms with Crippen LogP contribution in [-0.4, -0.2) is 27.4 Å². The fraction of sp³-hybridized carbons (Fsp3) is 0. The Morgan fingerprint density at radius 1 is 0.0733 bits per heavy atom. The van der Waals surface area contributed by atoms with Gasteiger partial charge in [-0.3, -0.25) is 0 Å². The zero-order chi connectivity index (χ0) is 99.1. The van der Waals surface area contributed by atoms with Gasteiger partial charge in [0.2, 0.25) is 0 Å². The van der Waals surface area contributed by atoms with Gasteiger partial charge in [0.05, 0.1) is 66.2 Å². The van der Waals surface area contributed by atoms with Crippen LogP contribution in [0.1, 0.15) is 0 Å². The van der Waals surface area contributed by atoms with E-state index in [0.29, 0.717) is 0 Å². The molecule has 0 atom stereocenters. The van der Waals surface area contributed by atoms with Crippen molar-refractivity contribution in [2.24, 2.45) is 0 Å². The molecular formula is C144H96N6. The molecule has 0 fully saturated rings. The third kappa shape index (κ3) is 15.6. The highest BCUT2D eigenvalue weighted by atomic mass is 15.0. The molecule has 0 radical (unpaired) electrons. The Morgan fingerprint density at radius 2 is 0.207 bits per heavy atom. The van der Waals surface area contributed by atoms with Gasteiger partial charge in [0, 0.05) is 98.8 Å². The lowest BCUT2D eigenvalue weighted by Gasteiger charge is -2.11. The number of nitrogens with zero attached hydrogens (tertiary/aromatic N) is 6. The number of aromatic nitrogens is 6. The molecule has 6 heterocycles. The number of hydrogen-bond acceptors (Lipinski definition) is 0. The Labute approximate surface area is 868 Å². The van der Waals surface area contributed by atoms with Gasteiger partial charge in [0.1, 0.15) is 0 Å². The molecule has 0 unspecified atom stereocenters. The molecule has 6 heteroatoms. The summed E-state index contributed by atoms with van der Waals surface area (Å²) in [5.74, 6) is 0. The zero-order valence-corrected chi connectivity index (χ0v) is 82.1. The van der Waals surface area contributed by atoms with Crippen molar-refractivity contribution in [2.45, 2.75) is 0 Å². The highest BCUT2D eigenvalue weighted by Crippen LogP contribution is 2.47. The topological polar surface area (TPSA) is 29.6 Å². The lowest BCUT2D eigenvalue weighted by atomic mass is 9.99. The highest BCUT2D eigenvalue weighted by molar-refractivity contribution is 6.18. The Bertz CT molecular complexity index is 10400. The summed E-state index contributed by atoms with van der Waals surface area (Å²) in [6.07, 6.45) is 0. The van der Waals surface area contributed by atoms with Gasteiger partial charge >= 0.3 is 0 Å². The molecule has 0 amide bonds. The quantitative estimate of drug-likeness (QED) is 0.0979. The van der Waals surface area contributed by atoms with Gasteiger partial charge in [-0.25, -0.2) is 0 Å². The molecule has 0 aliphatic rings. The minimum absolute atomic E-state index is 1.15. The van der Waals surface area contributed by atoms with Crippen molar-refractivity contribution in [1.29, 1.82) is 0 Å². The molecule has 150 heavy (non-hydrogen) atoms. The number of fused-ring (bicyclic) bond motifs is 18. The second kappa shape index (κ2) is 37.4. The van der Waals surface area contributed by atoms with Crippen molar-refractivity contribution in [1.82, 2.24) is 27.4 Å². The summed E-state index contributed by atoms with van der Waals surface area (Å²) in [6.45, 7) is 0. The molecule has 0 saturated heterocycles. The van der Waals surface area contributed by atoms with Gasteiger partial charge in [-0.05, 0) is 288 Å². The predicted octanol–water partition coefficient (Wildman–Crippen LogP) is 38.6. The smallest absolute Gasteiger partial charge is 0.0547 e. The molecule has 0 aliphatic carbocycles. The standard InChI is InChI=1S/3C48H32N2/c1-4-12-33(13-5-1)35-20-25-40(26-21-35)49-45-19-11-10-18-41(45)43-30-36(23-28-46(43)49)37-24-29-47-44(31-37)42-27-22-38(34-14-6-2-7-15-34)32-48(42)50(47)39-16-8-3-9-17-39;1-4-12-33(13-5-1)35-20-25-40(26-21-35)50-47-29-24-37(31-44(47)42-27-22-38(32-48(42)50)34-14-6-2-7-15-34)36-23-28-46-43(30-36)41-18-10-11-19-45(41)49(46)39-16-8-3-9-17-39;1-4-12-33(13-5-1)35-20-25-40(26-21-35)50-47-27-22-36(34-14-6-2-7-15-34)30-43(47)44-32-38(24-29-48(44)50)37-23-28-46-42(31-37)41-18-10-11-19-45(41)49(46)39-16-8-3-9-17-39/h3*1-32H. The molecule has 30 rings (SSSR count). The Morgan fingerprint density at radius 3 is 0.433 bits per heavy atom. The monoisotopic (exact) mass is 1910 g/mol. The zero-order valence-electron chi connectivity index (χ0n) is 82.1. The number of benzene rings is 24. The van der Waals surface area contributed by atoms with Gasteiger partial charge in [-0.2, -0.15) is 0 Å². The van der Waals surface area contributed by atoms with E-state index in [9.17, 15) is 0 Å². The van der Waals surface area contributed by atoms with Gasteiger partial charge in [0.25, 0.3) is 0 Å². The van der Waals surface area contributed by atoms with Gasteiger partial charge in [0.15, 0.2) is 0 Å². The van der Waals surface area contributed by atoms with Gasteiger partial charge in [-0.15, -0.1) is 0 Å². The number of para-hydroxylation sites is 6. The number of hydrogen-bond donors (Lipinski definition) is 0. The van der Waals surface area contributed by atoms with Crippen LogP contribution >= 0.6 is 0 Å². The molecule has 0 bridgehead atoms. The summed E-state index contributed by atoms with van der Waals surface area (Å²) in [5, 5.41) is 15.0. The summed E-state index contributed by atoms with van der Waals surface area (Å²) in [6, 6.07) is 211. The van der Waals surface area contributed by atoms with E-state index in [1.807, 2.05) is 0 Å². The van der Waals surface area contributed by atoms with E-state index in [1.54, 1.807) is 0 Å². The Kier molecular flexibility index (Phi) is 21.9. The molecule has 24 aromatic carbocycles. The lowest BCUT2D eigenvalue weighted by Crippen LogP contribution is -1.94. The van der Waals surface area contributed by atoms with Crippen LogP contribution in [0.25, 0.3) is 265 Å². The minimum Gasteiger partial charge on any atom is -0.309 e. The Hall–Kier alpha value is -19.9. The summed E-state index contributed by atoms with van der Waals surface area (Å²) >= 11 is 0. The average Bonchev–Trinajstić information content (AvgIpc) is 1.58. The van der Waals surface area contributed by atoms with Crippen molar-refractivity contribution < 1.29 is 0 Å². The van der Waals surface area contributed by atoms with E-state index in [-0.39, 0.29) is 0 Å². The van der Waals surface area contributed by atoms with E-state index >= 15 is 0 Å². The van der Waals surface area contributed by atoms with Crippen LogP contribution in [0.5, 0.6) is 0 Å². The normalized spacial score (nSPS) is 11.6. The first-order valence-electron chi connectivity index (χ1n) is 51.6. The molecule has 0 spiro atoms. The van der Waals surface area contributed by atoms with E-state index in [2.05, 4.69) is 610 Å². The maximum Gasteiger partial charge on any atom is 0.0547 e. The van der Waals surface area contributed by atoms with Crippen LogP contribution in [0.15, 0.2) is 582 Å². The van der Waals surface area contributed by atoms with E-state index in [0.717, 1.165) is 22.7 Å². The summed E-state index contributed by atoms with van der Waals surface area (Å²) in [7, 11) is 0. The second-order valence-corrected chi connectivity index (χ2v) is 39.0. The van der Waals surface area contributed by atoms with Gasteiger partial charge in [-0.1, -0.05) is 394 Å². The third-order valence-corrected chi connectivity index (χ3v) is 30.4. The first kappa shape index (κ1) is 87.8. The van der Waals surface area contributed by atoms with Crippen molar-refractivity contribution in [3.63, 3.8) is 0 Å². The van der Waals surface area contributed by atoms with Crippen molar-refractivity contribution in [2.75, 3.05) is 0 Å². The highest BCUT2D eigenvalue weighted by Gasteiger charge is 2.24. The van der Waals surface area contributed by atoms with Crippen LogP contribution in [0.2, 0.25) is 0 Å². The van der Waals surface area contributed by atoms with E-state index in [1.165, 1.54) is 242 Å². The average molecular weight is 1910 g/mol. The molecular weight excluding hydrogens is 1810 g/mol. The minimum atomic E-state index is 1.15. The maximum atomic E-state index is 2.42. The first-order valence-corrected chi connectivity index (χ1v) is 51.6. The van der Waals surface area contributed by atoms with Crippen LogP contribution < -0.4 is 0 Å². The molecule has 0 saturated carbocycles. The third-order valence-electron chi connectivity index (χ3n) is 30.4. The van der Waals surface area contributed by atoms with Crippen molar-refractivity contribution >= 4 is 131 Å². The summed E-state index contributed by atoms with van der Waals surface area (Å²) in [4.78, 5) is 0. The fourth-order valence-electron chi connectivity index (χ4n) is 23.2. The number of rotatable bonds is 15. The molecule has 702 valence electrons. The van der Waals surface area contributed by atoms with Crippen LogP contribution in [0.4, 0.5) is 0 Å². The van der Waals surface area contributed by atoms with Crippen LogP contribution in [-0.2, 0) is 0 Å². The van der Waals surface area contributed by atoms with Gasteiger partial charge < -0.3 is 27.4 Å². The van der Waals surface area contributed by atoms with E-state index in [4.69, 9.17) is 0 Å². The molecule has 6 aromatic heterocycles. The molecule has 6 nitrogen and oxygen atoms in total. The molecule has 0 aliphatic heterocycles. The second-order valence-electron chi connectivity index (χ2n) is 39.0. The fourth-order valence-corrected chi connectivity index (χ4v) is 23.2. The van der Waals surface area contributed by atoms with Crippen molar-refractivity contribution in [3.05, 3.63) is 582 Å². The van der Waals surface area contributed by atoms with Crippen LogP contribution in [0.3, 0.4) is 0 Å². The van der Waals surface area contributed by atoms with Crippen molar-refractivity contribution in [3.8, 4) is 134 Å². The first-order chi connectivity index (χ1) is 74.4. The maximum absolute atomic E-state index is 2.42. The molecule has 30 aromatic rings. The largest absolute Gasteiger partial charge is 0.309 e. The van der Waals surface area contributed by atoms with E-state index < -0.39 is 0 Å². The predicted molar refractivity (Wildman–Crippen MR) is 634 cm³/mol. The SMILES string of the molecule is c1ccc(-c2ccc(-n3c4ccc(-c5ccc6c(c5)c5ccccc5n6-c5ccccc5)cc4c4ccc(-c5ccccc5)cc43)cc2)cc1.c1ccc(-c2ccc(-n3c4ccc(-c5ccccc5)cc4c4cc(-c5ccc6c(c5)c5ccccc5n6-c5ccccc5)ccc43)cc2)cc1.c1ccc(-c2ccc(-n3c4ccccc4c4cc(-c5ccc6c(c5)c5ccc(-c7ccccc7)cc5n6-c5ccccc5)ccc43)cc2)cc1. The summed E-state index contributed by atoms with van der Waals surface area (Å²) < 4.78 is 14.4. The Balaban J connectivity index is 0.000000108. The van der Waals surface area contributed by atoms with Crippen LogP contribution in [0, 0.1) is 0 Å². The summed E-state index contributed by atoms with van der Waals surface area (Å²) in [5.41, 5.74) is 43.4. The lowest BCUT2D eigenvalue weighted by molar-refractivity contribution is 1.18.